The average Bonchev–Trinajstić information content (AvgIpc) is 2.42. The molecule has 0 amide bonds. The van der Waals surface area contributed by atoms with Crippen LogP contribution in [0.1, 0.15) is 0 Å². The first kappa shape index (κ1) is 11.9. The maximum Gasteiger partial charge on any atom is 0.247 e. The molecule has 1 aromatic carbocycles. The number of aromatic nitrogens is 4. The zero-order chi connectivity index (χ0) is 13.4. The largest absolute Gasteiger partial charge is 0.382 e. The minimum atomic E-state index is -0.729. The van der Waals surface area contributed by atoms with E-state index in [4.69, 9.17) is 5.73 Å². The fourth-order valence-corrected chi connectivity index (χ4v) is 2.03. The zero-order valence-electron chi connectivity index (χ0n) is 9.51. The standard InChI is InChI=1S/C12H7BrFN5/c13-10-11(14)19-12(15)9(18-10)6-1-2-7-4-16-17-5-8(7)3-6/h1-5H,(H2,15,19). The highest BCUT2D eigenvalue weighted by atomic mass is 79.9. The van der Waals surface area contributed by atoms with Crippen molar-refractivity contribution in [1.82, 2.24) is 20.2 Å². The van der Waals surface area contributed by atoms with Crippen molar-refractivity contribution in [3.8, 4) is 11.3 Å². The van der Waals surface area contributed by atoms with Gasteiger partial charge in [-0.25, -0.2) is 4.98 Å². The van der Waals surface area contributed by atoms with Crippen molar-refractivity contribution in [2.45, 2.75) is 0 Å². The lowest BCUT2D eigenvalue weighted by atomic mass is 10.1. The van der Waals surface area contributed by atoms with E-state index in [9.17, 15) is 4.39 Å². The van der Waals surface area contributed by atoms with Gasteiger partial charge >= 0.3 is 0 Å². The molecule has 0 saturated heterocycles. The van der Waals surface area contributed by atoms with E-state index in [1.54, 1.807) is 12.4 Å². The van der Waals surface area contributed by atoms with E-state index in [0.29, 0.717) is 5.69 Å². The summed E-state index contributed by atoms with van der Waals surface area (Å²) < 4.78 is 13.2. The first-order valence-electron chi connectivity index (χ1n) is 5.34. The Labute approximate surface area is 115 Å². The van der Waals surface area contributed by atoms with Gasteiger partial charge in [-0.1, -0.05) is 12.1 Å². The number of benzene rings is 1. The number of nitrogens with zero attached hydrogens (tertiary/aromatic N) is 4. The van der Waals surface area contributed by atoms with Gasteiger partial charge in [0.1, 0.15) is 5.69 Å². The van der Waals surface area contributed by atoms with Crippen molar-refractivity contribution in [3.63, 3.8) is 0 Å². The van der Waals surface area contributed by atoms with Crippen LogP contribution in [0.15, 0.2) is 35.2 Å². The molecule has 2 aromatic heterocycles. The summed E-state index contributed by atoms with van der Waals surface area (Å²) in [6.07, 6.45) is 3.30. The molecule has 94 valence electrons. The quantitative estimate of drug-likeness (QED) is 0.745. The number of rotatable bonds is 1. The lowest BCUT2D eigenvalue weighted by Crippen LogP contribution is -2.01. The van der Waals surface area contributed by atoms with Gasteiger partial charge in [-0.2, -0.15) is 19.6 Å². The maximum atomic E-state index is 13.2. The molecule has 2 N–H and O–H groups in total. The van der Waals surface area contributed by atoms with Crippen LogP contribution in [0, 0.1) is 5.95 Å². The van der Waals surface area contributed by atoms with Gasteiger partial charge in [-0.3, -0.25) is 0 Å². The number of hydrogen-bond acceptors (Lipinski definition) is 5. The summed E-state index contributed by atoms with van der Waals surface area (Å²) in [5.74, 6) is -0.685. The van der Waals surface area contributed by atoms with Crippen LogP contribution in [0.2, 0.25) is 0 Å². The second kappa shape index (κ2) is 4.51. The third-order valence-corrected chi connectivity index (χ3v) is 3.17. The molecule has 0 bridgehead atoms. The van der Waals surface area contributed by atoms with E-state index >= 15 is 0 Å². The van der Waals surface area contributed by atoms with Gasteiger partial charge in [0.2, 0.25) is 5.95 Å². The zero-order valence-corrected chi connectivity index (χ0v) is 11.1. The molecule has 0 unspecified atom stereocenters. The molecule has 3 rings (SSSR count). The summed E-state index contributed by atoms with van der Waals surface area (Å²) in [7, 11) is 0. The van der Waals surface area contributed by atoms with E-state index in [2.05, 4.69) is 36.1 Å². The predicted molar refractivity (Wildman–Crippen MR) is 72.6 cm³/mol. The Morgan fingerprint density at radius 3 is 2.58 bits per heavy atom. The lowest BCUT2D eigenvalue weighted by molar-refractivity contribution is 0.571. The molecule has 0 fully saturated rings. The van der Waals surface area contributed by atoms with E-state index in [0.717, 1.165) is 16.3 Å². The molecule has 0 saturated carbocycles. The summed E-state index contributed by atoms with van der Waals surface area (Å²) in [5, 5.41) is 9.46. The van der Waals surface area contributed by atoms with E-state index in [1.165, 1.54) is 0 Å². The Hall–Kier alpha value is -2.15. The molecule has 3 aromatic rings. The van der Waals surface area contributed by atoms with E-state index in [1.807, 2.05) is 18.2 Å². The predicted octanol–water partition coefficient (Wildman–Crippen LogP) is 2.57. The Balaban J connectivity index is 2.21. The minimum absolute atomic E-state index is 0.0321. The fraction of sp³-hybridized carbons (Fsp3) is 0. The number of nitrogens with two attached hydrogens (primary N) is 1. The summed E-state index contributed by atoms with van der Waals surface area (Å²) in [6.45, 7) is 0. The second-order valence-electron chi connectivity index (χ2n) is 3.87. The molecule has 7 heteroatoms. The SMILES string of the molecule is Nc1nc(F)c(Br)nc1-c1ccc2cnncc2c1. The number of halogens is 2. The number of fused-ring (bicyclic) bond motifs is 1. The first-order valence-corrected chi connectivity index (χ1v) is 6.14. The molecular formula is C12H7BrFN5. The first-order chi connectivity index (χ1) is 9.15. The van der Waals surface area contributed by atoms with Crippen LogP contribution in [-0.2, 0) is 0 Å². The molecule has 0 spiro atoms. The van der Waals surface area contributed by atoms with Crippen molar-refractivity contribution in [3.05, 3.63) is 41.1 Å². The summed E-state index contributed by atoms with van der Waals surface area (Å²) in [6, 6.07) is 5.56. The highest BCUT2D eigenvalue weighted by molar-refractivity contribution is 9.10. The Bertz CT molecular complexity index is 777. The average molecular weight is 320 g/mol. The Morgan fingerprint density at radius 1 is 1.05 bits per heavy atom. The van der Waals surface area contributed by atoms with Gasteiger partial charge in [0.25, 0.3) is 0 Å². The summed E-state index contributed by atoms with van der Waals surface area (Å²) in [4.78, 5) is 7.67. The third-order valence-electron chi connectivity index (χ3n) is 2.66. The van der Waals surface area contributed by atoms with Gasteiger partial charge < -0.3 is 5.73 Å². The highest BCUT2D eigenvalue weighted by Crippen LogP contribution is 2.27. The van der Waals surface area contributed by atoms with Crippen molar-refractivity contribution >= 4 is 32.5 Å². The van der Waals surface area contributed by atoms with Crippen LogP contribution in [0.5, 0.6) is 0 Å². The minimum Gasteiger partial charge on any atom is -0.382 e. The van der Waals surface area contributed by atoms with Crippen molar-refractivity contribution in [2.75, 3.05) is 5.73 Å². The number of nitrogen functional groups attached to an aromatic ring is 1. The van der Waals surface area contributed by atoms with Crippen molar-refractivity contribution in [1.29, 1.82) is 0 Å². The van der Waals surface area contributed by atoms with Crippen LogP contribution in [-0.4, -0.2) is 20.2 Å². The molecule has 0 aliphatic carbocycles. The smallest absolute Gasteiger partial charge is 0.247 e. The molecule has 5 nitrogen and oxygen atoms in total. The number of anilines is 1. The highest BCUT2D eigenvalue weighted by Gasteiger charge is 2.11. The van der Waals surface area contributed by atoms with Crippen LogP contribution in [0.4, 0.5) is 10.2 Å². The Morgan fingerprint density at radius 2 is 1.79 bits per heavy atom. The lowest BCUT2D eigenvalue weighted by Gasteiger charge is -2.06. The fourth-order valence-electron chi connectivity index (χ4n) is 1.76. The van der Waals surface area contributed by atoms with Gasteiger partial charge in [0.05, 0.1) is 12.4 Å². The molecule has 19 heavy (non-hydrogen) atoms. The maximum absolute atomic E-state index is 13.2. The monoisotopic (exact) mass is 319 g/mol. The molecular weight excluding hydrogens is 313 g/mol. The molecule has 0 aliphatic heterocycles. The van der Waals surface area contributed by atoms with Crippen LogP contribution in [0.25, 0.3) is 22.0 Å². The molecule has 0 radical (unpaired) electrons. The number of hydrogen-bond donors (Lipinski definition) is 1. The Kier molecular flexibility index (Phi) is 2.83. The van der Waals surface area contributed by atoms with Crippen molar-refractivity contribution < 1.29 is 4.39 Å². The van der Waals surface area contributed by atoms with E-state index < -0.39 is 5.95 Å². The van der Waals surface area contributed by atoms with Gasteiger partial charge in [0.15, 0.2) is 10.4 Å². The van der Waals surface area contributed by atoms with Gasteiger partial charge in [-0.05, 0) is 22.0 Å². The molecule has 2 heterocycles. The summed E-state index contributed by atoms with van der Waals surface area (Å²) in [5.41, 5.74) is 6.87. The van der Waals surface area contributed by atoms with Crippen LogP contribution in [0.3, 0.4) is 0 Å². The summed E-state index contributed by atoms with van der Waals surface area (Å²) >= 11 is 3.00. The van der Waals surface area contributed by atoms with Crippen molar-refractivity contribution in [2.24, 2.45) is 0 Å². The second-order valence-corrected chi connectivity index (χ2v) is 4.62. The van der Waals surface area contributed by atoms with Crippen LogP contribution < -0.4 is 5.73 Å². The normalized spacial score (nSPS) is 10.8. The third kappa shape index (κ3) is 2.12. The molecule has 0 atom stereocenters. The van der Waals surface area contributed by atoms with E-state index in [-0.39, 0.29) is 10.4 Å². The topological polar surface area (TPSA) is 77.6 Å². The van der Waals surface area contributed by atoms with Crippen LogP contribution >= 0.6 is 15.9 Å². The van der Waals surface area contributed by atoms with Gasteiger partial charge in [0, 0.05) is 16.3 Å². The van der Waals surface area contributed by atoms with Gasteiger partial charge in [-0.15, -0.1) is 0 Å². The molecule has 0 aliphatic rings.